The van der Waals surface area contributed by atoms with Crippen molar-refractivity contribution < 1.29 is 32.6 Å². The summed E-state index contributed by atoms with van der Waals surface area (Å²) in [5.74, 6) is -0.945. The molecule has 4 atom stereocenters. The van der Waals surface area contributed by atoms with Gasteiger partial charge in [0.15, 0.2) is 0 Å². The first-order chi connectivity index (χ1) is 22.7. The van der Waals surface area contributed by atoms with E-state index in [-0.39, 0.29) is 31.1 Å². The lowest BCUT2D eigenvalue weighted by atomic mass is 9.83. The number of aromatic amines is 1. The third-order valence-electron chi connectivity index (χ3n) is 8.29. The number of ether oxygens (including phenoxy) is 1. The maximum Gasteiger partial charge on any atom is 0.408 e. The molecule has 1 aliphatic rings. The SMILES string of the molecule is CCCCS(=O)(=O)NC[C@H](O)[C@H](CC1CCCCC1)NC(=O)[C@H](Cc1cnc[nH]1)NC(=O)[C@H](Cc1ccccc1)NC(=O)OC(C)(C)C. The van der Waals surface area contributed by atoms with Crippen molar-refractivity contribution >= 4 is 27.9 Å². The van der Waals surface area contributed by atoms with Crippen LogP contribution in [0.15, 0.2) is 42.9 Å². The van der Waals surface area contributed by atoms with E-state index in [4.69, 9.17) is 4.74 Å². The van der Waals surface area contributed by atoms with E-state index in [0.717, 1.165) is 37.7 Å². The Morgan fingerprint density at radius 2 is 1.67 bits per heavy atom. The minimum Gasteiger partial charge on any atom is -0.444 e. The van der Waals surface area contributed by atoms with Crippen LogP contribution in [0.2, 0.25) is 0 Å². The quantitative estimate of drug-likeness (QED) is 0.137. The van der Waals surface area contributed by atoms with E-state index in [1.54, 1.807) is 27.0 Å². The van der Waals surface area contributed by atoms with E-state index in [1.807, 2.05) is 37.3 Å². The van der Waals surface area contributed by atoms with Crippen LogP contribution >= 0.6 is 0 Å². The third-order valence-corrected chi connectivity index (χ3v) is 9.72. The van der Waals surface area contributed by atoms with Gasteiger partial charge in [0.2, 0.25) is 21.8 Å². The van der Waals surface area contributed by atoms with Crippen LogP contribution in [0.25, 0.3) is 0 Å². The number of aliphatic hydroxyl groups excluding tert-OH is 1. The zero-order chi connectivity index (χ0) is 35.2. The predicted molar refractivity (Wildman–Crippen MR) is 183 cm³/mol. The molecule has 2 aromatic rings. The second-order valence-electron chi connectivity index (χ2n) is 13.7. The largest absolute Gasteiger partial charge is 0.444 e. The Hall–Kier alpha value is -3.49. The Balaban J connectivity index is 1.82. The second-order valence-corrected chi connectivity index (χ2v) is 15.6. The van der Waals surface area contributed by atoms with E-state index in [1.165, 1.54) is 6.33 Å². The number of H-pyrrole nitrogens is 1. The van der Waals surface area contributed by atoms with Crippen molar-refractivity contribution in [3.8, 4) is 0 Å². The zero-order valence-corrected chi connectivity index (χ0v) is 29.5. The molecule has 1 saturated carbocycles. The molecule has 1 aliphatic carbocycles. The first-order valence-electron chi connectivity index (χ1n) is 17.0. The van der Waals surface area contributed by atoms with Crippen LogP contribution < -0.4 is 20.7 Å². The number of carbonyl (C=O) groups excluding carboxylic acids is 3. The second kappa shape index (κ2) is 18.9. The minimum atomic E-state index is -3.59. The summed E-state index contributed by atoms with van der Waals surface area (Å²) in [5, 5.41) is 19.6. The number of sulfonamides is 1. The van der Waals surface area contributed by atoms with Gasteiger partial charge < -0.3 is 30.8 Å². The van der Waals surface area contributed by atoms with E-state index in [9.17, 15) is 27.9 Å². The molecule has 14 heteroatoms. The van der Waals surface area contributed by atoms with Gasteiger partial charge in [-0.3, -0.25) is 9.59 Å². The molecule has 0 saturated heterocycles. The monoisotopic (exact) mass is 690 g/mol. The Morgan fingerprint density at radius 3 is 2.29 bits per heavy atom. The van der Waals surface area contributed by atoms with E-state index in [2.05, 4.69) is 30.6 Å². The Bertz CT molecular complexity index is 1380. The van der Waals surface area contributed by atoms with Gasteiger partial charge in [-0.25, -0.2) is 22.9 Å². The minimum absolute atomic E-state index is 0.0460. The molecule has 6 N–H and O–H groups in total. The highest BCUT2D eigenvalue weighted by atomic mass is 32.2. The highest BCUT2D eigenvalue weighted by Gasteiger charge is 2.33. The lowest BCUT2D eigenvalue weighted by Crippen LogP contribution is -2.58. The molecule has 0 spiro atoms. The summed E-state index contributed by atoms with van der Waals surface area (Å²) in [5.41, 5.74) is 0.586. The number of rotatable bonds is 18. The summed E-state index contributed by atoms with van der Waals surface area (Å²) in [7, 11) is -3.59. The number of benzene rings is 1. The first kappa shape index (κ1) is 39.0. The van der Waals surface area contributed by atoms with Crippen LogP contribution in [0.5, 0.6) is 0 Å². The van der Waals surface area contributed by atoms with Crippen molar-refractivity contribution in [2.45, 2.75) is 122 Å². The topological polar surface area (TPSA) is 192 Å². The molecule has 1 aromatic carbocycles. The average Bonchev–Trinajstić information content (AvgIpc) is 3.55. The fourth-order valence-corrected chi connectivity index (χ4v) is 6.98. The smallest absolute Gasteiger partial charge is 0.408 e. The molecule has 1 heterocycles. The van der Waals surface area contributed by atoms with Gasteiger partial charge in [-0.05, 0) is 45.1 Å². The number of carbonyl (C=O) groups is 3. The molecule has 3 rings (SSSR count). The van der Waals surface area contributed by atoms with Crippen molar-refractivity contribution in [3.63, 3.8) is 0 Å². The van der Waals surface area contributed by atoms with Crippen LogP contribution in [-0.2, 0) is 37.2 Å². The van der Waals surface area contributed by atoms with Crippen LogP contribution in [0.1, 0.15) is 90.3 Å². The summed E-state index contributed by atoms with van der Waals surface area (Å²) < 4.78 is 32.9. The lowest BCUT2D eigenvalue weighted by Gasteiger charge is -2.32. The summed E-state index contributed by atoms with van der Waals surface area (Å²) in [6, 6.07) is 6.22. The predicted octanol–water partition coefficient (Wildman–Crippen LogP) is 3.11. The third kappa shape index (κ3) is 14.3. The number of aromatic nitrogens is 2. The number of unbranched alkanes of at least 4 members (excludes halogenated alkanes) is 1. The van der Waals surface area contributed by atoms with Crippen LogP contribution in [0, 0.1) is 5.92 Å². The van der Waals surface area contributed by atoms with Gasteiger partial charge in [0.05, 0.1) is 24.2 Å². The molecule has 0 radical (unpaired) electrons. The Kier molecular flexibility index (Phi) is 15.3. The van der Waals surface area contributed by atoms with Crippen LogP contribution in [0.3, 0.4) is 0 Å². The summed E-state index contributed by atoms with van der Waals surface area (Å²) >= 11 is 0. The van der Waals surface area contributed by atoms with Gasteiger partial charge in [-0.2, -0.15) is 0 Å². The maximum atomic E-state index is 14.0. The number of alkyl carbamates (subject to hydrolysis) is 1. The van der Waals surface area contributed by atoms with Crippen molar-refractivity contribution in [1.29, 1.82) is 0 Å². The van der Waals surface area contributed by atoms with Gasteiger partial charge in [0.1, 0.15) is 17.7 Å². The number of hydrogen-bond acceptors (Lipinski definition) is 8. The molecule has 268 valence electrons. The van der Waals surface area contributed by atoms with E-state index in [0.29, 0.717) is 25.0 Å². The molecule has 48 heavy (non-hydrogen) atoms. The van der Waals surface area contributed by atoms with Gasteiger partial charge in [0.25, 0.3) is 0 Å². The molecule has 1 aromatic heterocycles. The normalized spacial score (nSPS) is 16.7. The number of aliphatic hydroxyl groups is 1. The number of imidazole rings is 1. The summed E-state index contributed by atoms with van der Waals surface area (Å²) in [6.45, 7) is 6.81. The van der Waals surface area contributed by atoms with Crippen molar-refractivity contribution in [1.82, 2.24) is 30.6 Å². The highest BCUT2D eigenvalue weighted by Crippen LogP contribution is 2.28. The number of hydrogen-bond donors (Lipinski definition) is 6. The van der Waals surface area contributed by atoms with Crippen LogP contribution in [-0.4, -0.2) is 83.5 Å². The van der Waals surface area contributed by atoms with Crippen LogP contribution in [0.4, 0.5) is 4.79 Å². The average molecular weight is 691 g/mol. The van der Waals surface area contributed by atoms with E-state index < -0.39 is 57.8 Å². The number of nitrogens with zero attached hydrogens (tertiary/aromatic N) is 1. The lowest BCUT2D eigenvalue weighted by molar-refractivity contribution is -0.131. The fraction of sp³-hybridized carbons (Fsp3) is 0.647. The van der Waals surface area contributed by atoms with Crippen molar-refractivity contribution in [3.05, 3.63) is 54.1 Å². The fourth-order valence-electron chi connectivity index (χ4n) is 5.75. The molecule has 0 unspecified atom stereocenters. The zero-order valence-electron chi connectivity index (χ0n) is 28.7. The molecular weight excluding hydrogens is 636 g/mol. The first-order valence-corrected chi connectivity index (χ1v) is 18.7. The Labute approximate surface area is 284 Å². The van der Waals surface area contributed by atoms with Gasteiger partial charge in [-0.15, -0.1) is 0 Å². The molecule has 13 nitrogen and oxygen atoms in total. The molecular formula is C34H54N6O7S. The van der Waals surface area contributed by atoms with Crippen molar-refractivity contribution in [2.24, 2.45) is 5.92 Å². The van der Waals surface area contributed by atoms with Gasteiger partial charge in [-0.1, -0.05) is 75.8 Å². The molecule has 0 aliphatic heterocycles. The summed E-state index contributed by atoms with van der Waals surface area (Å²) in [6.07, 6.45) is 8.06. The van der Waals surface area contributed by atoms with Gasteiger partial charge >= 0.3 is 6.09 Å². The summed E-state index contributed by atoms with van der Waals surface area (Å²) in [4.78, 5) is 47.5. The van der Waals surface area contributed by atoms with Crippen molar-refractivity contribution in [2.75, 3.05) is 12.3 Å². The number of nitrogens with one attached hydrogen (secondary N) is 5. The van der Waals surface area contributed by atoms with Gasteiger partial charge in [0, 0.05) is 31.3 Å². The molecule has 1 fully saturated rings. The number of amides is 3. The van der Waals surface area contributed by atoms with E-state index >= 15 is 0 Å². The molecule has 3 amide bonds. The Morgan fingerprint density at radius 1 is 1.00 bits per heavy atom. The maximum absolute atomic E-state index is 14.0. The highest BCUT2D eigenvalue weighted by molar-refractivity contribution is 7.89. The standard InChI is InChI=1S/C34H54N6O7S/c1-5-6-17-48(45,46)37-22-30(41)27(18-24-13-9-7-10-14-24)38-32(43)29(20-26-21-35-23-36-26)39-31(42)28(19-25-15-11-8-12-16-25)40-33(44)47-34(2,3)4/h8,11-12,15-16,21,23-24,27-30,37,41H,5-7,9-10,13-14,17-20,22H2,1-4H3,(H,35,36)(H,38,43)(H,39,42)(H,40,44)/t27-,28-,29-,30-/m0/s1. The molecule has 0 bridgehead atoms.